The van der Waals surface area contributed by atoms with Gasteiger partial charge in [0, 0.05) is 24.1 Å². The molecule has 0 aliphatic heterocycles. The van der Waals surface area contributed by atoms with Gasteiger partial charge in [0.05, 0.1) is 5.69 Å². The Balaban J connectivity index is 2.61. The van der Waals surface area contributed by atoms with E-state index in [1.165, 1.54) is 6.07 Å². The maximum atomic E-state index is 13.9. The lowest BCUT2D eigenvalue weighted by Crippen LogP contribution is -2.17. The molecule has 0 unspecified atom stereocenters. The van der Waals surface area contributed by atoms with Gasteiger partial charge in [-0.15, -0.1) is 0 Å². The summed E-state index contributed by atoms with van der Waals surface area (Å²) in [6.07, 6.45) is 0. The van der Waals surface area contributed by atoms with E-state index in [0.717, 1.165) is 0 Å². The fraction of sp³-hybridized carbons (Fsp3) is 0.333. The molecule has 0 spiro atoms. The molecule has 0 bridgehead atoms. The van der Waals surface area contributed by atoms with E-state index in [1.54, 1.807) is 31.3 Å². The van der Waals surface area contributed by atoms with Crippen LogP contribution in [0, 0.1) is 5.82 Å². The van der Waals surface area contributed by atoms with Gasteiger partial charge in [-0.05, 0) is 12.1 Å². The van der Waals surface area contributed by atoms with Gasteiger partial charge in [0.15, 0.2) is 0 Å². The van der Waals surface area contributed by atoms with Crippen LogP contribution in [-0.2, 0) is 5.41 Å². The summed E-state index contributed by atoms with van der Waals surface area (Å²) in [5, 5.41) is 3.00. The van der Waals surface area contributed by atoms with Crippen molar-refractivity contribution in [2.45, 2.75) is 26.2 Å². The average Bonchev–Trinajstić information content (AvgIpc) is 2.37. The number of anilines is 1. The summed E-state index contributed by atoms with van der Waals surface area (Å²) in [6, 6.07) is 8.39. The first-order valence-corrected chi connectivity index (χ1v) is 6.24. The topological polar surface area (TPSA) is 37.8 Å². The molecule has 3 nitrogen and oxygen atoms in total. The second-order valence-corrected chi connectivity index (χ2v) is 5.44. The molecular weight excluding hydrogens is 241 g/mol. The quantitative estimate of drug-likeness (QED) is 0.895. The molecular formula is C15H18FN3. The van der Waals surface area contributed by atoms with Gasteiger partial charge >= 0.3 is 0 Å². The third-order valence-corrected chi connectivity index (χ3v) is 2.80. The predicted molar refractivity (Wildman–Crippen MR) is 75.7 cm³/mol. The van der Waals surface area contributed by atoms with Crippen LogP contribution in [0.5, 0.6) is 0 Å². The van der Waals surface area contributed by atoms with Crippen LogP contribution in [0.25, 0.3) is 11.3 Å². The highest BCUT2D eigenvalue weighted by atomic mass is 19.1. The van der Waals surface area contributed by atoms with Gasteiger partial charge in [-0.3, -0.25) is 0 Å². The van der Waals surface area contributed by atoms with Crippen LogP contribution in [0.15, 0.2) is 30.3 Å². The number of hydrogen-bond acceptors (Lipinski definition) is 3. The normalized spacial score (nSPS) is 11.4. The molecule has 0 aliphatic carbocycles. The minimum Gasteiger partial charge on any atom is -0.373 e. The first kappa shape index (κ1) is 13.5. The van der Waals surface area contributed by atoms with Crippen molar-refractivity contribution >= 4 is 5.82 Å². The number of nitrogens with one attached hydrogen (secondary N) is 1. The first-order chi connectivity index (χ1) is 8.91. The molecule has 0 fully saturated rings. The van der Waals surface area contributed by atoms with Gasteiger partial charge in [0.2, 0.25) is 0 Å². The molecule has 100 valence electrons. The zero-order valence-corrected chi connectivity index (χ0v) is 11.7. The van der Waals surface area contributed by atoms with Gasteiger partial charge in [-0.1, -0.05) is 32.9 Å². The molecule has 0 aliphatic rings. The summed E-state index contributed by atoms with van der Waals surface area (Å²) in [7, 11) is 1.79. The van der Waals surface area contributed by atoms with Crippen molar-refractivity contribution < 1.29 is 4.39 Å². The fourth-order valence-corrected chi connectivity index (χ4v) is 1.72. The highest BCUT2D eigenvalue weighted by Gasteiger charge is 2.20. The molecule has 1 aromatic carbocycles. The fourth-order valence-electron chi connectivity index (χ4n) is 1.72. The Hall–Kier alpha value is -1.97. The van der Waals surface area contributed by atoms with Crippen LogP contribution in [0.3, 0.4) is 0 Å². The second-order valence-electron chi connectivity index (χ2n) is 5.44. The van der Waals surface area contributed by atoms with E-state index in [9.17, 15) is 4.39 Å². The maximum Gasteiger partial charge on any atom is 0.136 e. The van der Waals surface area contributed by atoms with Crippen molar-refractivity contribution in [2.24, 2.45) is 0 Å². The van der Waals surface area contributed by atoms with Gasteiger partial charge in [0.1, 0.15) is 17.5 Å². The summed E-state index contributed by atoms with van der Waals surface area (Å²) >= 11 is 0. The zero-order chi connectivity index (χ0) is 14.0. The molecule has 19 heavy (non-hydrogen) atoms. The number of halogens is 1. The second kappa shape index (κ2) is 4.96. The highest BCUT2D eigenvalue weighted by Crippen LogP contribution is 2.26. The van der Waals surface area contributed by atoms with Crippen molar-refractivity contribution in [1.82, 2.24) is 9.97 Å². The van der Waals surface area contributed by atoms with E-state index in [1.807, 2.05) is 20.8 Å². The molecule has 4 heteroatoms. The summed E-state index contributed by atoms with van der Waals surface area (Å²) in [6.45, 7) is 6.10. The van der Waals surface area contributed by atoms with E-state index >= 15 is 0 Å². The molecule has 1 aromatic heterocycles. The molecule has 1 N–H and O–H groups in total. The number of rotatable bonds is 2. The molecule has 2 rings (SSSR count). The van der Waals surface area contributed by atoms with Crippen LogP contribution in [0.2, 0.25) is 0 Å². The van der Waals surface area contributed by atoms with Crippen LogP contribution in [0.4, 0.5) is 10.2 Å². The largest absolute Gasteiger partial charge is 0.373 e. The van der Waals surface area contributed by atoms with E-state index < -0.39 is 0 Å². The first-order valence-electron chi connectivity index (χ1n) is 6.24. The predicted octanol–water partition coefficient (Wildman–Crippen LogP) is 3.62. The molecule has 0 radical (unpaired) electrons. The Bertz CT molecular complexity index is 588. The van der Waals surface area contributed by atoms with E-state index in [4.69, 9.17) is 0 Å². The highest BCUT2D eigenvalue weighted by molar-refractivity contribution is 5.63. The van der Waals surface area contributed by atoms with Gasteiger partial charge in [0.25, 0.3) is 0 Å². The monoisotopic (exact) mass is 259 g/mol. The van der Waals surface area contributed by atoms with Crippen molar-refractivity contribution in [1.29, 1.82) is 0 Å². The Morgan fingerprint density at radius 2 is 1.79 bits per heavy atom. The summed E-state index contributed by atoms with van der Waals surface area (Å²) < 4.78 is 13.9. The molecule has 0 saturated heterocycles. The summed E-state index contributed by atoms with van der Waals surface area (Å²) in [4.78, 5) is 8.93. The summed E-state index contributed by atoms with van der Waals surface area (Å²) in [5.74, 6) is 1.11. The molecule has 0 saturated carbocycles. The summed E-state index contributed by atoms with van der Waals surface area (Å²) in [5.41, 5.74) is 0.904. The Morgan fingerprint density at radius 3 is 2.37 bits per heavy atom. The molecule has 1 heterocycles. The minimum atomic E-state index is -0.275. The van der Waals surface area contributed by atoms with Crippen molar-refractivity contribution in [3.63, 3.8) is 0 Å². The average molecular weight is 259 g/mol. The lowest BCUT2D eigenvalue weighted by atomic mass is 9.95. The van der Waals surface area contributed by atoms with Crippen LogP contribution in [-0.4, -0.2) is 17.0 Å². The number of nitrogens with zero attached hydrogens (tertiary/aromatic N) is 2. The SMILES string of the molecule is CNc1cc(-c2ccccc2F)nc(C(C)(C)C)n1. The Morgan fingerprint density at radius 1 is 1.11 bits per heavy atom. The maximum absolute atomic E-state index is 13.9. The molecule has 2 aromatic rings. The number of benzene rings is 1. The van der Waals surface area contributed by atoms with E-state index in [0.29, 0.717) is 22.9 Å². The van der Waals surface area contributed by atoms with Crippen molar-refractivity contribution in [2.75, 3.05) is 12.4 Å². The molecule has 0 atom stereocenters. The molecule has 0 amide bonds. The smallest absolute Gasteiger partial charge is 0.136 e. The van der Waals surface area contributed by atoms with E-state index in [-0.39, 0.29) is 11.2 Å². The van der Waals surface area contributed by atoms with Gasteiger partial charge in [-0.2, -0.15) is 0 Å². The third kappa shape index (κ3) is 2.89. The van der Waals surface area contributed by atoms with Crippen LogP contribution in [0.1, 0.15) is 26.6 Å². The Kier molecular flexibility index (Phi) is 3.51. The van der Waals surface area contributed by atoms with Gasteiger partial charge < -0.3 is 5.32 Å². The van der Waals surface area contributed by atoms with E-state index in [2.05, 4.69) is 15.3 Å². The lowest BCUT2D eigenvalue weighted by Gasteiger charge is -2.18. The third-order valence-electron chi connectivity index (χ3n) is 2.80. The van der Waals surface area contributed by atoms with Crippen molar-refractivity contribution in [3.05, 3.63) is 42.0 Å². The van der Waals surface area contributed by atoms with Gasteiger partial charge in [-0.25, -0.2) is 14.4 Å². The lowest BCUT2D eigenvalue weighted by molar-refractivity contribution is 0.546. The number of aromatic nitrogens is 2. The Labute approximate surface area is 112 Å². The standard InChI is InChI=1S/C15H18FN3/c1-15(2,3)14-18-12(9-13(17-4)19-14)10-7-5-6-8-11(10)16/h5-9H,1-4H3,(H,17,18,19). The van der Waals surface area contributed by atoms with Crippen LogP contribution >= 0.6 is 0 Å². The number of hydrogen-bond donors (Lipinski definition) is 1. The minimum absolute atomic E-state index is 0.188. The zero-order valence-electron chi connectivity index (χ0n) is 11.7. The van der Waals surface area contributed by atoms with Crippen LogP contribution < -0.4 is 5.32 Å². The van der Waals surface area contributed by atoms with Crippen molar-refractivity contribution in [3.8, 4) is 11.3 Å².